The fourth-order valence-corrected chi connectivity index (χ4v) is 4.82. The molecule has 1 saturated heterocycles. The van der Waals surface area contributed by atoms with E-state index in [1.165, 1.54) is 0 Å². The number of carbonyl (C=O) groups is 1. The summed E-state index contributed by atoms with van der Waals surface area (Å²) in [5.41, 5.74) is 3.72. The van der Waals surface area contributed by atoms with Crippen LogP contribution in [0, 0.1) is 0 Å². The monoisotopic (exact) mass is 447 g/mol. The second kappa shape index (κ2) is 8.08. The fraction of sp³-hybridized carbons (Fsp3) is 0.375. The van der Waals surface area contributed by atoms with Crippen molar-refractivity contribution in [3.63, 3.8) is 0 Å². The number of nitrogens with one attached hydrogen (secondary N) is 2. The summed E-state index contributed by atoms with van der Waals surface area (Å²) >= 11 is 0. The standard InChI is InChI=1S/C24H29N7O2/c1-14-10-31(11-15(2)25-14)21-7-6-17(23-18(21)13-30(4)28-23)24(32)26-20-8-16-12-29(3)27-19(16)9-22(20)33-5/h6-9,12-15,25H,10-11H2,1-5H3,(H,26,32)/t14-,15-/m0/s1. The number of benzene rings is 2. The van der Waals surface area contributed by atoms with Gasteiger partial charge in [0, 0.05) is 74.2 Å². The summed E-state index contributed by atoms with van der Waals surface area (Å²) in [5, 5.41) is 17.5. The molecular weight excluding hydrogens is 418 g/mol. The molecule has 0 saturated carbocycles. The number of methoxy groups -OCH3 is 1. The van der Waals surface area contributed by atoms with Crippen LogP contribution < -0.4 is 20.3 Å². The molecule has 3 heterocycles. The molecule has 9 nitrogen and oxygen atoms in total. The van der Waals surface area contributed by atoms with Gasteiger partial charge < -0.3 is 20.3 Å². The van der Waals surface area contributed by atoms with Crippen molar-refractivity contribution in [2.75, 3.05) is 30.4 Å². The first-order valence-corrected chi connectivity index (χ1v) is 11.1. The molecule has 2 atom stereocenters. The number of aromatic nitrogens is 4. The Hall–Kier alpha value is -3.59. The molecule has 0 unspecified atom stereocenters. The number of carbonyl (C=O) groups excluding carboxylic acids is 1. The van der Waals surface area contributed by atoms with Gasteiger partial charge in [-0.2, -0.15) is 10.2 Å². The molecule has 0 spiro atoms. The summed E-state index contributed by atoms with van der Waals surface area (Å²) in [6.07, 6.45) is 3.90. The smallest absolute Gasteiger partial charge is 0.258 e. The maximum atomic E-state index is 13.4. The lowest BCUT2D eigenvalue weighted by Gasteiger charge is -2.38. The minimum absolute atomic E-state index is 0.228. The molecule has 2 aromatic heterocycles. The van der Waals surface area contributed by atoms with E-state index in [0.29, 0.717) is 34.6 Å². The molecule has 0 radical (unpaired) electrons. The number of amides is 1. The average Bonchev–Trinajstić information content (AvgIpc) is 3.32. The maximum Gasteiger partial charge on any atom is 0.258 e. The molecule has 0 aliphatic carbocycles. The van der Waals surface area contributed by atoms with Gasteiger partial charge in [0.05, 0.1) is 23.9 Å². The van der Waals surface area contributed by atoms with Crippen molar-refractivity contribution in [1.29, 1.82) is 0 Å². The van der Waals surface area contributed by atoms with Crippen molar-refractivity contribution in [2.45, 2.75) is 25.9 Å². The van der Waals surface area contributed by atoms with E-state index in [2.05, 4.69) is 39.6 Å². The molecule has 9 heteroatoms. The van der Waals surface area contributed by atoms with Gasteiger partial charge in [-0.15, -0.1) is 0 Å². The van der Waals surface area contributed by atoms with Crippen LogP contribution in [0.15, 0.2) is 36.7 Å². The molecule has 5 rings (SSSR count). The van der Waals surface area contributed by atoms with Gasteiger partial charge in [-0.25, -0.2) is 0 Å². The quantitative estimate of drug-likeness (QED) is 0.500. The maximum absolute atomic E-state index is 13.4. The Morgan fingerprint density at radius 1 is 1.09 bits per heavy atom. The predicted molar refractivity (Wildman–Crippen MR) is 130 cm³/mol. The molecule has 1 amide bonds. The first-order valence-electron chi connectivity index (χ1n) is 11.1. The van der Waals surface area contributed by atoms with Crippen LogP contribution in [0.1, 0.15) is 24.2 Å². The summed E-state index contributed by atoms with van der Waals surface area (Å²) in [5.74, 6) is 0.334. The molecule has 1 aliphatic heterocycles. The third-order valence-electron chi connectivity index (χ3n) is 6.10. The molecule has 33 heavy (non-hydrogen) atoms. The number of ether oxygens (including phenoxy) is 1. The number of fused-ring (bicyclic) bond motifs is 2. The second-order valence-electron chi connectivity index (χ2n) is 8.94. The van der Waals surface area contributed by atoms with Gasteiger partial charge in [-0.05, 0) is 32.0 Å². The largest absolute Gasteiger partial charge is 0.494 e. The minimum Gasteiger partial charge on any atom is -0.494 e. The molecule has 0 bridgehead atoms. The third kappa shape index (κ3) is 3.89. The van der Waals surface area contributed by atoms with Gasteiger partial charge in [-0.1, -0.05) is 0 Å². The molecular formula is C24H29N7O2. The van der Waals surface area contributed by atoms with Crippen LogP contribution in [0.5, 0.6) is 5.75 Å². The third-order valence-corrected chi connectivity index (χ3v) is 6.10. The Kier molecular flexibility index (Phi) is 5.20. The Morgan fingerprint density at radius 3 is 2.55 bits per heavy atom. The van der Waals surface area contributed by atoms with Crippen LogP contribution in [-0.2, 0) is 14.1 Å². The SMILES string of the molecule is COc1cc2nn(C)cc2cc1NC(=O)c1ccc(N2C[C@H](C)N[C@@H](C)C2)c2cn(C)nc12. The summed E-state index contributed by atoms with van der Waals surface area (Å²) < 4.78 is 9.02. The highest BCUT2D eigenvalue weighted by molar-refractivity contribution is 6.14. The van der Waals surface area contributed by atoms with E-state index in [1.54, 1.807) is 16.5 Å². The van der Waals surface area contributed by atoms with Crippen molar-refractivity contribution >= 4 is 39.1 Å². The first kappa shape index (κ1) is 21.3. The van der Waals surface area contributed by atoms with Crippen molar-refractivity contribution in [2.24, 2.45) is 14.1 Å². The van der Waals surface area contributed by atoms with Crippen LogP contribution in [0.2, 0.25) is 0 Å². The van der Waals surface area contributed by atoms with E-state index in [9.17, 15) is 4.79 Å². The summed E-state index contributed by atoms with van der Waals surface area (Å²) in [7, 11) is 5.33. The molecule has 1 aliphatic rings. The summed E-state index contributed by atoms with van der Waals surface area (Å²) in [4.78, 5) is 15.8. The number of hydrogen-bond acceptors (Lipinski definition) is 6. The van der Waals surface area contributed by atoms with E-state index >= 15 is 0 Å². The van der Waals surface area contributed by atoms with E-state index in [1.807, 2.05) is 50.8 Å². The lowest BCUT2D eigenvalue weighted by atomic mass is 10.1. The molecule has 172 valence electrons. The molecule has 2 N–H and O–H groups in total. The summed E-state index contributed by atoms with van der Waals surface area (Å²) in [6, 6.07) is 8.39. The highest BCUT2D eigenvalue weighted by atomic mass is 16.5. The van der Waals surface area contributed by atoms with Gasteiger partial charge in [-0.3, -0.25) is 14.2 Å². The highest BCUT2D eigenvalue weighted by Crippen LogP contribution is 2.33. The van der Waals surface area contributed by atoms with Crippen molar-refractivity contribution < 1.29 is 9.53 Å². The number of nitrogens with zero attached hydrogens (tertiary/aromatic N) is 5. The topological polar surface area (TPSA) is 89.2 Å². The van der Waals surface area contributed by atoms with Gasteiger partial charge in [0.25, 0.3) is 5.91 Å². The number of aryl methyl sites for hydroxylation is 2. The van der Waals surface area contributed by atoms with E-state index in [-0.39, 0.29) is 5.91 Å². The normalized spacial score (nSPS) is 18.8. The molecule has 1 fully saturated rings. The summed E-state index contributed by atoms with van der Waals surface area (Å²) in [6.45, 7) is 6.19. The van der Waals surface area contributed by atoms with Gasteiger partial charge in [0.15, 0.2) is 0 Å². The number of hydrogen-bond donors (Lipinski definition) is 2. The zero-order valence-electron chi connectivity index (χ0n) is 19.6. The molecule has 4 aromatic rings. The highest BCUT2D eigenvalue weighted by Gasteiger charge is 2.25. The first-order chi connectivity index (χ1) is 15.8. The average molecular weight is 448 g/mol. The van der Waals surface area contributed by atoms with Crippen LogP contribution >= 0.6 is 0 Å². The fourth-order valence-electron chi connectivity index (χ4n) is 4.82. The van der Waals surface area contributed by atoms with Gasteiger partial charge >= 0.3 is 0 Å². The number of rotatable bonds is 4. The van der Waals surface area contributed by atoms with Crippen LogP contribution in [0.25, 0.3) is 21.8 Å². The van der Waals surface area contributed by atoms with E-state index < -0.39 is 0 Å². The number of piperazine rings is 1. The van der Waals surface area contributed by atoms with Crippen LogP contribution in [-0.4, -0.2) is 57.8 Å². The van der Waals surface area contributed by atoms with Crippen LogP contribution in [0.3, 0.4) is 0 Å². The Balaban J connectivity index is 1.52. The Bertz CT molecular complexity index is 1350. The van der Waals surface area contributed by atoms with Crippen LogP contribution in [0.4, 0.5) is 11.4 Å². The lowest BCUT2D eigenvalue weighted by Crippen LogP contribution is -2.54. The Labute approximate surface area is 192 Å². The van der Waals surface area contributed by atoms with Crippen molar-refractivity contribution in [3.8, 4) is 5.75 Å². The Morgan fingerprint density at radius 2 is 1.82 bits per heavy atom. The van der Waals surface area contributed by atoms with Gasteiger partial charge in [0.1, 0.15) is 11.3 Å². The zero-order valence-corrected chi connectivity index (χ0v) is 19.6. The second-order valence-corrected chi connectivity index (χ2v) is 8.94. The number of anilines is 2. The lowest BCUT2D eigenvalue weighted by molar-refractivity contribution is 0.102. The van der Waals surface area contributed by atoms with Crippen molar-refractivity contribution in [3.05, 3.63) is 42.2 Å². The minimum atomic E-state index is -0.228. The predicted octanol–water partition coefficient (Wildman–Crippen LogP) is 2.91. The van der Waals surface area contributed by atoms with E-state index in [4.69, 9.17) is 4.74 Å². The molecule has 2 aromatic carbocycles. The van der Waals surface area contributed by atoms with E-state index in [0.717, 1.165) is 35.1 Å². The zero-order chi connectivity index (χ0) is 23.3. The van der Waals surface area contributed by atoms with Crippen molar-refractivity contribution in [1.82, 2.24) is 24.9 Å². The van der Waals surface area contributed by atoms with Gasteiger partial charge in [0.2, 0.25) is 0 Å².